The molecule has 1 rings (SSSR count). The van der Waals surface area contributed by atoms with Gasteiger partial charge in [0.05, 0.1) is 12.0 Å². The number of hydrogen-bond donors (Lipinski definition) is 1. The van der Waals surface area contributed by atoms with Gasteiger partial charge in [0.1, 0.15) is 5.75 Å². The third-order valence-corrected chi connectivity index (χ3v) is 2.64. The smallest absolute Gasteiger partial charge is 0.293 e. The Morgan fingerprint density at radius 2 is 2.07 bits per heavy atom. The predicted octanol–water partition coefficient (Wildman–Crippen LogP) is 0.251. The third kappa shape index (κ3) is 2.22. The zero-order valence-corrected chi connectivity index (χ0v) is 8.52. The van der Waals surface area contributed by atoms with Crippen LogP contribution in [0.4, 0.5) is 5.69 Å². The lowest BCUT2D eigenvalue weighted by Crippen LogP contribution is -2.15. The van der Waals surface area contributed by atoms with Crippen LogP contribution < -0.4 is 9.88 Å². The number of hydrogen-bond acceptors (Lipinski definition) is 5. The molecule has 82 valence electrons. The Labute approximate surface area is 85.7 Å². The first-order chi connectivity index (χ1) is 6.88. The molecule has 0 spiro atoms. The zero-order valence-electron chi connectivity index (χ0n) is 7.71. The van der Waals surface area contributed by atoms with E-state index in [1.54, 1.807) is 0 Å². The molecule has 1 aromatic rings. The van der Waals surface area contributed by atoms with Crippen LogP contribution in [-0.2, 0) is 10.0 Å². The van der Waals surface area contributed by atoms with Crippen molar-refractivity contribution in [2.75, 3.05) is 7.11 Å². The second-order valence-electron chi connectivity index (χ2n) is 2.61. The first-order valence-corrected chi connectivity index (χ1v) is 5.26. The van der Waals surface area contributed by atoms with Crippen LogP contribution in [0.25, 0.3) is 0 Å². The summed E-state index contributed by atoms with van der Waals surface area (Å²) >= 11 is 0. The number of nitrogens with zero attached hydrogens (tertiary/aromatic N) is 1. The molecule has 0 bridgehead atoms. The van der Waals surface area contributed by atoms with Gasteiger partial charge in [-0.15, -0.1) is 0 Å². The van der Waals surface area contributed by atoms with Crippen LogP contribution in [0.15, 0.2) is 23.1 Å². The van der Waals surface area contributed by atoms with Gasteiger partial charge in [-0.25, -0.2) is 13.6 Å². The van der Waals surface area contributed by atoms with Gasteiger partial charge >= 0.3 is 0 Å². The molecule has 0 atom stereocenters. The summed E-state index contributed by atoms with van der Waals surface area (Å²) in [5, 5.41) is 15.4. The van der Waals surface area contributed by atoms with Crippen LogP contribution in [0.1, 0.15) is 0 Å². The second-order valence-corrected chi connectivity index (χ2v) is 4.11. The van der Waals surface area contributed by atoms with Crippen LogP contribution in [0.3, 0.4) is 0 Å². The lowest BCUT2D eigenvalue weighted by atomic mass is 10.3. The highest BCUT2D eigenvalue weighted by Gasteiger charge is 2.27. The van der Waals surface area contributed by atoms with Crippen LogP contribution in [0.5, 0.6) is 5.75 Å². The molecule has 1 aromatic carbocycles. The molecule has 0 unspecified atom stereocenters. The Hall–Kier alpha value is -1.67. The number of nitro benzene ring substituents is 1. The van der Waals surface area contributed by atoms with Gasteiger partial charge in [0.15, 0.2) is 0 Å². The van der Waals surface area contributed by atoms with Gasteiger partial charge in [0.25, 0.3) is 5.69 Å². The summed E-state index contributed by atoms with van der Waals surface area (Å²) in [5.41, 5.74) is -0.600. The van der Waals surface area contributed by atoms with Crippen molar-refractivity contribution in [2.45, 2.75) is 4.90 Å². The molecule has 7 nitrogen and oxygen atoms in total. The minimum Gasteiger partial charge on any atom is -0.495 e. The molecule has 0 amide bonds. The summed E-state index contributed by atoms with van der Waals surface area (Å²) in [4.78, 5) is 9.12. The molecular weight excluding hydrogens is 224 g/mol. The van der Waals surface area contributed by atoms with E-state index in [-0.39, 0.29) is 5.75 Å². The van der Waals surface area contributed by atoms with Crippen molar-refractivity contribution in [3.63, 3.8) is 0 Å². The normalized spacial score (nSPS) is 11.1. The Balaban J connectivity index is 3.63. The molecule has 2 N–H and O–H groups in total. The summed E-state index contributed by atoms with van der Waals surface area (Å²) in [6.45, 7) is 0. The zero-order chi connectivity index (χ0) is 11.6. The highest BCUT2D eigenvalue weighted by molar-refractivity contribution is 7.89. The average molecular weight is 232 g/mol. The lowest BCUT2D eigenvalue weighted by Gasteiger charge is -2.05. The monoisotopic (exact) mass is 232 g/mol. The van der Waals surface area contributed by atoms with E-state index in [0.717, 1.165) is 6.07 Å². The molecule has 0 saturated heterocycles. The molecule has 0 heterocycles. The van der Waals surface area contributed by atoms with Crippen LogP contribution in [0, 0.1) is 10.1 Å². The fourth-order valence-corrected chi connectivity index (χ4v) is 1.96. The van der Waals surface area contributed by atoms with Gasteiger partial charge in [-0.05, 0) is 6.07 Å². The number of benzene rings is 1. The molecule has 0 aromatic heterocycles. The Bertz CT molecular complexity index is 496. The summed E-state index contributed by atoms with van der Waals surface area (Å²) in [6.07, 6.45) is 0. The Morgan fingerprint density at radius 1 is 1.47 bits per heavy atom. The topological polar surface area (TPSA) is 113 Å². The number of primary sulfonamides is 1. The molecule has 0 aliphatic heterocycles. The van der Waals surface area contributed by atoms with Gasteiger partial charge in [-0.2, -0.15) is 0 Å². The Morgan fingerprint density at radius 3 is 2.47 bits per heavy atom. The molecule has 15 heavy (non-hydrogen) atoms. The molecule has 8 heteroatoms. The van der Waals surface area contributed by atoms with Crippen molar-refractivity contribution in [1.29, 1.82) is 0 Å². The summed E-state index contributed by atoms with van der Waals surface area (Å²) in [6, 6.07) is 3.64. The number of rotatable bonds is 3. The van der Waals surface area contributed by atoms with Crippen molar-refractivity contribution in [1.82, 2.24) is 0 Å². The first kappa shape index (κ1) is 11.4. The second kappa shape index (κ2) is 3.83. The van der Waals surface area contributed by atoms with Crippen LogP contribution in [-0.4, -0.2) is 20.5 Å². The van der Waals surface area contributed by atoms with Gasteiger partial charge in [-0.1, -0.05) is 6.07 Å². The van der Waals surface area contributed by atoms with Crippen molar-refractivity contribution in [3.8, 4) is 5.75 Å². The quantitative estimate of drug-likeness (QED) is 0.592. The van der Waals surface area contributed by atoms with Crippen molar-refractivity contribution >= 4 is 15.7 Å². The van der Waals surface area contributed by atoms with E-state index in [9.17, 15) is 18.5 Å². The largest absolute Gasteiger partial charge is 0.495 e. The minimum atomic E-state index is -4.19. The summed E-state index contributed by atoms with van der Waals surface area (Å²) in [5.74, 6) is -0.147. The molecular formula is C7H8N2O5S. The highest BCUT2D eigenvalue weighted by Crippen LogP contribution is 2.31. The first-order valence-electron chi connectivity index (χ1n) is 3.72. The third-order valence-electron chi connectivity index (χ3n) is 1.66. The van der Waals surface area contributed by atoms with E-state index in [2.05, 4.69) is 0 Å². The number of methoxy groups -OCH3 is 1. The maximum atomic E-state index is 11.1. The van der Waals surface area contributed by atoms with Crippen molar-refractivity contribution in [3.05, 3.63) is 28.3 Å². The van der Waals surface area contributed by atoms with Crippen LogP contribution in [0.2, 0.25) is 0 Å². The van der Waals surface area contributed by atoms with E-state index in [1.165, 1.54) is 19.2 Å². The maximum absolute atomic E-state index is 11.1. The fourth-order valence-electron chi connectivity index (χ4n) is 1.09. The molecule has 0 saturated carbocycles. The number of sulfonamides is 1. The van der Waals surface area contributed by atoms with E-state index in [0.29, 0.717) is 0 Å². The van der Waals surface area contributed by atoms with Crippen LogP contribution >= 0.6 is 0 Å². The summed E-state index contributed by atoms with van der Waals surface area (Å²) in [7, 11) is -2.99. The van der Waals surface area contributed by atoms with Crippen molar-refractivity contribution < 1.29 is 18.1 Å². The van der Waals surface area contributed by atoms with E-state index < -0.39 is 25.5 Å². The Kier molecular flexibility index (Phi) is 2.91. The summed E-state index contributed by atoms with van der Waals surface area (Å²) < 4.78 is 27.0. The fraction of sp³-hybridized carbons (Fsp3) is 0.143. The predicted molar refractivity (Wildman–Crippen MR) is 51.0 cm³/mol. The SMILES string of the molecule is COc1cccc([N+](=O)[O-])c1S(N)(=O)=O. The number of ether oxygens (including phenoxy) is 1. The van der Waals surface area contributed by atoms with Gasteiger partial charge < -0.3 is 4.74 Å². The van der Waals surface area contributed by atoms with Crippen molar-refractivity contribution in [2.24, 2.45) is 5.14 Å². The van der Waals surface area contributed by atoms with E-state index >= 15 is 0 Å². The van der Waals surface area contributed by atoms with E-state index in [1.807, 2.05) is 0 Å². The molecule has 0 aliphatic carbocycles. The van der Waals surface area contributed by atoms with Gasteiger partial charge in [-0.3, -0.25) is 10.1 Å². The molecule has 0 aliphatic rings. The minimum absolute atomic E-state index is 0.147. The highest BCUT2D eigenvalue weighted by atomic mass is 32.2. The molecule has 0 fully saturated rings. The molecule has 0 radical (unpaired) electrons. The van der Waals surface area contributed by atoms with Gasteiger partial charge in [0, 0.05) is 6.07 Å². The maximum Gasteiger partial charge on any atom is 0.293 e. The number of nitrogens with two attached hydrogens (primary N) is 1. The number of nitro groups is 1. The average Bonchev–Trinajstić information content (AvgIpc) is 2.15. The van der Waals surface area contributed by atoms with Gasteiger partial charge in [0.2, 0.25) is 14.9 Å². The lowest BCUT2D eigenvalue weighted by molar-refractivity contribution is -0.387. The standard InChI is InChI=1S/C7H8N2O5S/c1-14-6-4-2-3-5(9(10)11)7(6)15(8,12)13/h2-4H,1H3,(H2,8,12,13). The van der Waals surface area contributed by atoms with E-state index in [4.69, 9.17) is 9.88 Å².